The number of hydrogen-bond acceptors (Lipinski definition) is 4. The maximum Gasteiger partial charge on any atom is 0.255 e. The van der Waals surface area contributed by atoms with Crippen molar-refractivity contribution in [2.75, 3.05) is 49.5 Å². The molecule has 3 aromatic carbocycles. The van der Waals surface area contributed by atoms with Crippen molar-refractivity contribution in [1.82, 2.24) is 10.2 Å². The molecule has 1 heterocycles. The van der Waals surface area contributed by atoms with Crippen LogP contribution >= 0.6 is 0 Å². The number of amides is 2. The fourth-order valence-corrected chi connectivity index (χ4v) is 3.84. The minimum absolute atomic E-state index is 0.184. The van der Waals surface area contributed by atoms with Crippen LogP contribution in [0, 0.1) is 5.82 Å². The fourth-order valence-electron chi connectivity index (χ4n) is 3.84. The van der Waals surface area contributed by atoms with E-state index in [9.17, 15) is 14.0 Å². The Labute approximate surface area is 193 Å². The number of nitrogens with zero attached hydrogens (tertiary/aromatic N) is 2. The van der Waals surface area contributed by atoms with E-state index in [0.29, 0.717) is 23.4 Å². The zero-order valence-electron chi connectivity index (χ0n) is 18.3. The minimum Gasteiger partial charge on any atom is -0.369 e. The average molecular weight is 447 g/mol. The van der Waals surface area contributed by atoms with Gasteiger partial charge in [0.2, 0.25) is 0 Å². The van der Waals surface area contributed by atoms with Gasteiger partial charge in [0.15, 0.2) is 0 Å². The van der Waals surface area contributed by atoms with E-state index in [-0.39, 0.29) is 11.8 Å². The Kier molecular flexibility index (Phi) is 7.32. The second kappa shape index (κ2) is 10.7. The Morgan fingerprint density at radius 2 is 1.52 bits per heavy atom. The molecular formula is C26H27FN4O2. The van der Waals surface area contributed by atoms with E-state index in [1.807, 2.05) is 6.07 Å². The lowest BCUT2D eigenvalue weighted by molar-refractivity contribution is 0.0946. The number of anilines is 2. The van der Waals surface area contributed by atoms with E-state index >= 15 is 0 Å². The molecule has 1 aliphatic rings. The van der Waals surface area contributed by atoms with Crippen molar-refractivity contribution >= 4 is 23.2 Å². The molecule has 7 heteroatoms. The first-order valence-electron chi connectivity index (χ1n) is 11.1. The number of carbonyl (C=O) groups is 2. The Morgan fingerprint density at radius 1 is 0.788 bits per heavy atom. The van der Waals surface area contributed by atoms with Gasteiger partial charge in [0.05, 0.1) is 0 Å². The van der Waals surface area contributed by atoms with Gasteiger partial charge in [-0.2, -0.15) is 0 Å². The van der Waals surface area contributed by atoms with E-state index < -0.39 is 5.82 Å². The molecule has 4 rings (SSSR count). The Bertz CT molecular complexity index is 1080. The van der Waals surface area contributed by atoms with Gasteiger partial charge in [-0.05, 0) is 54.6 Å². The third-order valence-electron chi connectivity index (χ3n) is 5.70. The zero-order chi connectivity index (χ0) is 23.0. The monoisotopic (exact) mass is 446 g/mol. The molecule has 0 radical (unpaired) electrons. The van der Waals surface area contributed by atoms with E-state index in [2.05, 4.69) is 44.7 Å². The SMILES string of the molecule is O=C(NCCN1CCN(c2ccccc2)CC1)c1cccc(NC(=O)c2ccc(F)cc2)c1. The predicted octanol–water partition coefficient (Wildman–Crippen LogP) is 3.63. The summed E-state index contributed by atoms with van der Waals surface area (Å²) in [5.41, 5.74) is 2.57. The van der Waals surface area contributed by atoms with Crippen LogP contribution in [0.15, 0.2) is 78.9 Å². The summed E-state index contributed by atoms with van der Waals surface area (Å²) in [5, 5.41) is 5.70. The van der Waals surface area contributed by atoms with Gasteiger partial charge in [-0.25, -0.2) is 4.39 Å². The van der Waals surface area contributed by atoms with Gasteiger partial charge in [-0.3, -0.25) is 14.5 Å². The summed E-state index contributed by atoms with van der Waals surface area (Å²) in [4.78, 5) is 29.6. The van der Waals surface area contributed by atoms with Gasteiger partial charge >= 0.3 is 0 Å². The summed E-state index contributed by atoms with van der Waals surface area (Å²) in [7, 11) is 0. The third-order valence-corrected chi connectivity index (χ3v) is 5.70. The summed E-state index contributed by atoms with van der Waals surface area (Å²) in [6, 6.07) is 22.5. The van der Waals surface area contributed by atoms with Gasteiger partial charge in [0.1, 0.15) is 5.82 Å². The first kappa shape index (κ1) is 22.5. The normalized spacial score (nSPS) is 14.0. The highest BCUT2D eigenvalue weighted by atomic mass is 19.1. The molecule has 0 saturated carbocycles. The number of nitrogens with one attached hydrogen (secondary N) is 2. The average Bonchev–Trinajstić information content (AvgIpc) is 2.85. The highest BCUT2D eigenvalue weighted by molar-refractivity contribution is 6.05. The van der Waals surface area contributed by atoms with E-state index in [4.69, 9.17) is 0 Å². The topological polar surface area (TPSA) is 64.7 Å². The third kappa shape index (κ3) is 6.17. The molecule has 0 aromatic heterocycles. The van der Waals surface area contributed by atoms with E-state index in [1.54, 1.807) is 24.3 Å². The van der Waals surface area contributed by atoms with Gasteiger partial charge in [-0.1, -0.05) is 24.3 Å². The first-order chi connectivity index (χ1) is 16.1. The molecule has 0 aliphatic carbocycles. The van der Waals surface area contributed by atoms with Crippen molar-refractivity contribution in [3.8, 4) is 0 Å². The maximum absolute atomic E-state index is 13.0. The molecule has 2 N–H and O–H groups in total. The van der Waals surface area contributed by atoms with Crippen LogP contribution in [0.1, 0.15) is 20.7 Å². The summed E-state index contributed by atoms with van der Waals surface area (Å²) in [6.45, 7) is 5.18. The molecule has 0 bridgehead atoms. The van der Waals surface area contributed by atoms with Crippen molar-refractivity contribution < 1.29 is 14.0 Å². The van der Waals surface area contributed by atoms with Gasteiger partial charge < -0.3 is 15.5 Å². The number of halogens is 1. The lowest BCUT2D eigenvalue weighted by Crippen LogP contribution is -2.48. The first-order valence-corrected chi connectivity index (χ1v) is 11.1. The smallest absolute Gasteiger partial charge is 0.255 e. The highest BCUT2D eigenvalue weighted by Crippen LogP contribution is 2.16. The van der Waals surface area contributed by atoms with Crippen molar-refractivity contribution in [2.45, 2.75) is 0 Å². The minimum atomic E-state index is -0.400. The van der Waals surface area contributed by atoms with Crippen LogP contribution < -0.4 is 15.5 Å². The lowest BCUT2D eigenvalue weighted by Gasteiger charge is -2.36. The zero-order valence-corrected chi connectivity index (χ0v) is 18.3. The Balaban J connectivity index is 1.23. The summed E-state index contributed by atoms with van der Waals surface area (Å²) in [6.07, 6.45) is 0. The van der Waals surface area contributed by atoms with E-state index in [0.717, 1.165) is 32.7 Å². The Hall–Kier alpha value is -3.71. The van der Waals surface area contributed by atoms with Gasteiger partial charge in [-0.15, -0.1) is 0 Å². The van der Waals surface area contributed by atoms with Crippen molar-refractivity contribution in [1.29, 1.82) is 0 Å². The van der Waals surface area contributed by atoms with Crippen LogP contribution in [0.5, 0.6) is 0 Å². The lowest BCUT2D eigenvalue weighted by atomic mass is 10.1. The molecule has 1 saturated heterocycles. The molecule has 1 aliphatic heterocycles. The molecule has 0 unspecified atom stereocenters. The second-order valence-electron chi connectivity index (χ2n) is 7.96. The summed E-state index contributed by atoms with van der Waals surface area (Å²) < 4.78 is 13.0. The standard InChI is InChI=1S/C26H27FN4O2/c27-22-11-9-20(10-12-22)26(33)29-23-6-4-5-21(19-23)25(32)28-13-14-30-15-17-31(18-16-30)24-7-2-1-3-8-24/h1-12,19H,13-18H2,(H,28,32)(H,29,33). The molecule has 0 atom stereocenters. The fraction of sp³-hybridized carbons (Fsp3) is 0.231. The molecule has 2 amide bonds. The highest BCUT2D eigenvalue weighted by Gasteiger charge is 2.17. The predicted molar refractivity (Wildman–Crippen MR) is 128 cm³/mol. The van der Waals surface area contributed by atoms with Crippen LogP contribution in [0.4, 0.5) is 15.8 Å². The molecule has 6 nitrogen and oxygen atoms in total. The van der Waals surface area contributed by atoms with Crippen molar-refractivity contribution in [3.05, 3.63) is 95.8 Å². The van der Waals surface area contributed by atoms with Crippen molar-refractivity contribution in [2.24, 2.45) is 0 Å². The number of piperazine rings is 1. The molecule has 170 valence electrons. The number of hydrogen-bond donors (Lipinski definition) is 2. The van der Waals surface area contributed by atoms with Crippen LogP contribution in [-0.4, -0.2) is 56.0 Å². The summed E-state index contributed by atoms with van der Waals surface area (Å²) >= 11 is 0. The molecule has 0 spiro atoms. The second-order valence-corrected chi connectivity index (χ2v) is 7.96. The molecule has 33 heavy (non-hydrogen) atoms. The maximum atomic E-state index is 13.0. The van der Waals surface area contributed by atoms with E-state index in [1.165, 1.54) is 30.0 Å². The number of benzene rings is 3. The molecule has 3 aromatic rings. The van der Waals surface area contributed by atoms with Gasteiger partial charge in [0, 0.05) is 61.8 Å². The van der Waals surface area contributed by atoms with Gasteiger partial charge in [0.25, 0.3) is 11.8 Å². The van der Waals surface area contributed by atoms with Crippen LogP contribution in [0.25, 0.3) is 0 Å². The molecule has 1 fully saturated rings. The molecular weight excluding hydrogens is 419 g/mol. The summed E-state index contributed by atoms with van der Waals surface area (Å²) in [5.74, 6) is -0.943. The largest absolute Gasteiger partial charge is 0.369 e. The number of carbonyl (C=O) groups excluding carboxylic acids is 2. The van der Waals surface area contributed by atoms with Crippen LogP contribution in [0.2, 0.25) is 0 Å². The van der Waals surface area contributed by atoms with Crippen molar-refractivity contribution in [3.63, 3.8) is 0 Å². The number of para-hydroxylation sites is 1. The van der Waals surface area contributed by atoms with Crippen LogP contribution in [0.3, 0.4) is 0 Å². The Morgan fingerprint density at radius 3 is 2.24 bits per heavy atom. The number of rotatable bonds is 7. The quantitative estimate of drug-likeness (QED) is 0.582. The van der Waals surface area contributed by atoms with Crippen LogP contribution in [-0.2, 0) is 0 Å².